The number of aryl methyl sites for hydroxylation is 1. The lowest BCUT2D eigenvalue weighted by Gasteiger charge is -2.08. The number of carbonyl (C=O) groups excluding carboxylic acids is 2. The van der Waals surface area contributed by atoms with Gasteiger partial charge in [0.25, 0.3) is 5.91 Å². The van der Waals surface area contributed by atoms with Crippen LogP contribution in [0, 0.1) is 6.92 Å². The average Bonchev–Trinajstić information content (AvgIpc) is 2.96. The van der Waals surface area contributed by atoms with Crippen LogP contribution in [0.4, 0.5) is 5.69 Å². The fourth-order valence-corrected chi connectivity index (χ4v) is 3.54. The molecule has 5 nitrogen and oxygen atoms in total. The van der Waals surface area contributed by atoms with Crippen molar-refractivity contribution in [1.82, 2.24) is 4.90 Å². The Morgan fingerprint density at radius 1 is 1.21 bits per heavy atom. The number of amides is 1. The first-order valence-electron chi connectivity index (χ1n) is 9.08. The number of carbonyl (C=O) groups is 2. The van der Waals surface area contributed by atoms with Crippen LogP contribution in [0.25, 0.3) is 6.08 Å². The highest BCUT2D eigenvalue weighted by Crippen LogP contribution is 2.33. The second-order valence-electron chi connectivity index (χ2n) is 6.47. The molecule has 0 bridgehead atoms. The highest BCUT2D eigenvalue weighted by molar-refractivity contribution is 8.18. The van der Waals surface area contributed by atoms with Crippen molar-refractivity contribution in [2.24, 2.45) is 4.99 Å². The average molecular weight is 394 g/mol. The van der Waals surface area contributed by atoms with Crippen LogP contribution in [-0.2, 0) is 9.53 Å². The van der Waals surface area contributed by atoms with E-state index in [2.05, 4.69) is 4.99 Å². The number of esters is 1. The summed E-state index contributed by atoms with van der Waals surface area (Å²) in [5.41, 5.74) is 3.19. The number of aliphatic imine (C=N–C) groups is 1. The summed E-state index contributed by atoms with van der Waals surface area (Å²) in [4.78, 5) is 31.3. The molecular formula is C22H22N2O3S. The monoisotopic (exact) mass is 394 g/mol. The smallest absolute Gasteiger partial charge is 0.338 e. The summed E-state index contributed by atoms with van der Waals surface area (Å²) in [6, 6.07) is 14.9. The molecule has 2 aromatic carbocycles. The molecule has 0 N–H and O–H groups in total. The number of ether oxygens (including phenoxy) is 1. The van der Waals surface area contributed by atoms with E-state index in [1.165, 1.54) is 22.2 Å². The zero-order valence-electron chi connectivity index (χ0n) is 16.1. The van der Waals surface area contributed by atoms with Gasteiger partial charge in [-0.2, -0.15) is 0 Å². The summed E-state index contributed by atoms with van der Waals surface area (Å²) in [6.45, 7) is 4.36. The van der Waals surface area contributed by atoms with Crippen molar-refractivity contribution in [1.29, 1.82) is 0 Å². The Kier molecular flexibility index (Phi) is 6.31. The Morgan fingerprint density at radius 3 is 2.68 bits per heavy atom. The number of nitrogens with zero attached hydrogens (tertiary/aromatic N) is 2. The van der Waals surface area contributed by atoms with Gasteiger partial charge in [-0.3, -0.25) is 9.69 Å². The maximum absolute atomic E-state index is 12.6. The Hall–Kier alpha value is -2.86. The first-order chi connectivity index (χ1) is 13.5. The molecular weight excluding hydrogens is 372 g/mol. The fourth-order valence-electron chi connectivity index (χ4n) is 2.56. The Morgan fingerprint density at radius 2 is 1.96 bits per heavy atom. The summed E-state index contributed by atoms with van der Waals surface area (Å²) in [6.07, 6.45) is 2.64. The van der Waals surface area contributed by atoms with E-state index < -0.39 is 0 Å². The topological polar surface area (TPSA) is 59.0 Å². The molecule has 0 aromatic heterocycles. The van der Waals surface area contributed by atoms with E-state index in [0.717, 1.165) is 12.0 Å². The van der Waals surface area contributed by atoms with Crippen molar-refractivity contribution < 1.29 is 14.3 Å². The normalized spacial score (nSPS) is 16.8. The lowest BCUT2D eigenvalue weighted by Crippen LogP contribution is -2.23. The maximum Gasteiger partial charge on any atom is 0.338 e. The standard InChI is InChI=1S/C22H22N2O3S/c1-4-12-27-21(26)17-6-5-7-18(14-17)23-22-24(3)20(25)19(28-22)13-16-10-8-15(2)9-11-16/h5-11,13-14H,4,12H2,1-3H3/b19-13+,23-22?. The molecule has 0 spiro atoms. The molecule has 1 saturated heterocycles. The second-order valence-corrected chi connectivity index (χ2v) is 7.48. The molecule has 0 saturated carbocycles. The van der Waals surface area contributed by atoms with Crippen LogP contribution in [-0.4, -0.2) is 35.6 Å². The summed E-state index contributed by atoms with van der Waals surface area (Å²) < 4.78 is 5.17. The van der Waals surface area contributed by atoms with E-state index in [0.29, 0.717) is 27.9 Å². The van der Waals surface area contributed by atoms with Crippen LogP contribution in [0.3, 0.4) is 0 Å². The van der Waals surface area contributed by atoms with Gasteiger partial charge in [0.1, 0.15) is 0 Å². The molecule has 1 aliphatic rings. The minimum atomic E-state index is -0.368. The number of hydrogen-bond donors (Lipinski definition) is 0. The van der Waals surface area contributed by atoms with Gasteiger partial charge in [0.15, 0.2) is 5.17 Å². The van der Waals surface area contributed by atoms with Crippen molar-refractivity contribution in [3.63, 3.8) is 0 Å². The summed E-state index contributed by atoms with van der Waals surface area (Å²) >= 11 is 1.32. The first kappa shape index (κ1) is 19.9. The van der Waals surface area contributed by atoms with Gasteiger partial charge in [-0.25, -0.2) is 9.79 Å². The number of benzene rings is 2. The number of likely N-dealkylation sites (N-methyl/N-ethyl adjacent to an activating group) is 1. The zero-order chi connectivity index (χ0) is 20.1. The SMILES string of the molecule is CCCOC(=O)c1cccc(N=C2S/C(=C/c3ccc(C)cc3)C(=O)N2C)c1. The van der Waals surface area contributed by atoms with Gasteiger partial charge < -0.3 is 4.74 Å². The molecule has 1 fully saturated rings. The molecule has 1 amide bonds. The number of hydrogen-bond acceptors (Lipinski definition) is 5. The van der Waals surface area contributed by atoms with Crippen LogP contribution in [0.2, 0.25) is 0 Å². The van der Waals surface area contributed by atoms with Crippen molar-refractivity contribution in [3.05, 3.63) is 70.1 Å². The Labute approximate surface area is 169 Å². The van der Waals surface area contributed by atoms with Crippen LogP contribution < -0.4 is 0 Å². The van der Waals surface area contributed by atoms with Gasteiger partial charge >= 0.3 is 5.97 Å². The van der Waals surface area contributed by atoms with E-state index in [1.807, 2.05) is 44.2 Å². The molecule has 0 unspecified atom stereocenters. The van der Waals surface area contributed by atoms with Crippen molar-refractivity contribution in [2.75, 3.05) is 13.7 Å². The van der Waals surface area contributed by atoms with Crippen molar-refractivity contribution in [3.8, 4) is 0 Å². The van der Waals surface area contributed by atoms with E-state index in [-0.39, 0.29) is 11.9 Å². The van der Waals surface area contributed by atoms with Gasteiger partial charge in [0.2, 0.25) is 0 Å². The quantitative estimate of drug-likeness (QED) is 0.540. The van der Waals surface area contributed by atoms with Gasteiger partial charge in [0, 0.05) is 7.05 Å². The molecule has 6 heteroatoms. The lowest BCUT2D eigenvalue weighted by molar-refractivity contribution is -0.121. The van der Waals surface area contributed by atoms with E-state index >= 15 is 0 Å². The molecule has 1 heterocycles. The van der Waals surface area contributed by atoms with E-state index in [1.54, 1.807) is 31.3 Å². The maximum atomic E-state index is 12.6. The summed E-state index contributed by atoms with van der Waals surface area (Å²) in [5, 5.41) is 0.572. The van der Waals surface area contributed by atoms with Crippen LogP contribution >= 0.6 is 11.8 Å². The number of rotatable bonds is 5. The third-order valence-corrected chi connectivity index (χ3v) is 5.18. The van der Waals surface area contributed by atoms with Crippen molar-refractivity contribution >= 4 is 40.6 Å². The van der Waals surface area contributed by atoms with Crippen LogP contribution in [0.5, 0.6) is 0 Å². The van der Waals surface area contributed by atoms with E-state index in [9.17, 15) is 9.59 Å². The largest absolute Gasteiger partial charge is 0.462 e. The fraction of sp³-hybridized carbons (Fsp3) is 0.227. The zero-order valence-corrected chi connectivity index (χ0v) is 17.0. The molecule has 0 aliphatic carbocycles. The molecule has 144 valence electrons. The molecule has 3 rings (SSSR count). The first-order valence-corrected chi connectivity index (χ1v) is 9.89. The third-order valence-electron chi connectivity index (χ3n) is 4.12. The molecule has 0 radical (unpaired) electrons. The Bertz CT molecular complexity index is 949. The summed E-state index contributed by atoms with van der Waals surface area (Å²) in [5.74, 6) is -0.463. The molecule has 1 aliphatic heterocycles. The van der Waals surface area contributed by atoms with Gasteiger partial charge in [-0.05, 0) is 54.9 Å². The second kappa shape index (κ2) is 8.89. The number of thioether (sulfide) groups is 1. The molecule has 28 heavy (non-hydrogen) atoms. The minimum absolute atomic E-state index is 0.0946. The van der Waals surface area contributed by atoms with Gasteiger partial charge in [-0.15, -0.1) is 0 Å². The number of amidine groups is 1. The van der Waals surface area contributed by atoms with E-state index in [4.69, 9.17) is 4.74 Å². The van der Waals surface area contributed by atoms with Crippen LogP contribution in [0.15, 0.2) is 58.4 Å². The van der Waals surface area contributed by atoms with Crippen LogP contribution in [0.1, 0.15) is 34.8 Å². The summed E-state index contributed by atoms with van der Waals surface area (Å²) in [7, 11) is 1.70. The Balaban J connectivity index is 1.82. The van der Waals surface area contributed by atoms with Gasteiger partial charge in [0.05, 0.1) is 22.8 Å². The van der Waals surface area contributed by atoms with Gasteiger partial charge in [-0.1, -0.05) is 42.8 Å². The highest BCUT2D eigenvalue weighted by Gasteiger charge is 2.30. The molecule has 0 atom stereocenters. The van der Waals surface area contributed by atoms with Crippen molar-refractivity contribution in [2.45, 2.75) is 20.3 Å². The molecule has 2 aromatic rings. The predicted octanol–water partition coefficient (Wildman–Crippen LogP) is 4.80. The third kappa shape index (κ3) is 4.70. The lowest BCUT2D eigenvalue weighted by atomic mass is 10.1. The highest BCUT2D eigenvalue weighted by atomic mass is 32.2. The minimum Gasteiger partial charge on any atom is -0.462 e. The predicted molar refractivity (Wildman–Crippen MR) is 114 cm³/mol.